The highest BCUT2D eigenvalue weighted by atomic mass is 19.2. The Labute approximate surface area is 116 Å². The van der Waals surface area contributed by atoms with Crippen LogP contribution in [0.1, 0.15) is 24.0 Å². The molecular weight excluding hydrogens is 258 g/mol. The first-order valence-corrected chi connectivity index (χ1v) is 6.79. The fraction of sp³-hybridized carbons (Fsp3) is 0.294. The molecular formula is C17H16F2O. The summed E-state index contributed by atoms with van der Waals surface area (Å²) in [6.45, 7) is 0. The smallest absolute Gasteiger partial charge is 0.159 e. The van der Waals surface area contributed by atoms with E-state index in [1.54, 1.807) is 0 Å². The van der Waals surface area contributed by atoms with Gasteiger partial charge in [-0.25, -0.2) is 8.78 Å². The molecule has 3 heteroatoms. The van der Waals surface area contributed by atoms with Gasteiger partial charge in [-0.3, -0.25) is 0 Å². The summed E-state index contributed by atoms with van der Waals surface area (Å²) in [5.74, 6) is -1.72. The Morgan fingerprint density at radius 1 is 1.00 bits per heavy atom. The monoisotopic (exact) mass is 274 g/mol. The molecule has 1 atom stereocenters. The van der Waals surface area contributed by atoms with Crippen molar-refractivity contribution >= 4 is 0 Å². The highest BCUT2D eigenvalue weighted by Crippen LogP contribution is 2.51. The van der Waals surface area contributed by atoms with Crippen LogP contribution in [-0.4, -0.2) is 11.2 Å². The van der Waals surface area contributed by atoms with Crippen LogP contribution in [0, 0.1) is 11.6 Å². The summed E-state index contributed by atoms with van der Waals surface area (Å²) in [5, 5.41) is 10.5. The van der Waals surface area contributed by atoms with Gasteiger partial charge in [0.2, 0.25) is 0 Å². The standard InChI is InChI=1S/C17H16F2O/c18-14-7-6-12(10-15(14)19)11-16(20)17(8-9-17)13-4-2-1-3-5-13/h1-7,10,16,20H,8-9,11H2. The van der Waals surface area contributed by atoms with Crippen molar-refractivity contribution in [2.24, 2.45) is 0 Å². The Bertz CT molecular complexity index is 606. The lowest BCUT2D eigenvalue weighted by Crippen LogP contribution is -2.28. The lowest BCUT2D eigenvalue weighted by molar-refractivity contribution is 0.131. The van der Waals surface area contributed by atoms with Crippen LogP contribution in [0.25, 0.3) is 0 Å². The van der Waals surface area contributed by atoms with E-state index in [2.05, 4.69) is 0 Å². The molecule has 1 saturated carbocycles. The van der Waals surface area contributed by atoms with Crippen LogP contribution in [0.3, 0.4) is 0 Å². The van der Waals surface area contributed by atoms with Gasteiger partial charge in [0.05, 0.1) is 6.10 Å². The maximum absolute atomic E-state index is 13.2. The first-order valence-electron chi connectivity index (χ1n) is 6.79. The molecule has 0 spiro atoms. The molecule has 1 aliphatic carbocycles. The zero-order chi connectivity index (χ0) is 14.2. The van der Waals surface area contributed by atoms with Gasteiger partial charge in [-0.15, -0.1) is 0 Å². The topological polar surface area (TPSA) is 20.2 Å². The summed E-state index contributed by atoms with van der Waals surface area (Å²) in [6, 6.07) is 13.7. The van der Waals surface area contributed by atoms with Crippen LogP contribution in [0.5, 0.6) is 0 Å². The molecule has 0 amide bonds. The summed E-state index contributed by atoms with van der Waals surface area (Å²) < 4.78 is 26.1. The van der Waals surface area contributed by atoms with Crippen LogP contribution in [0.2, 0.25) is 0 Å². The lowest BCUT2D eigenvalue weighted by Gasteiger charge is -2.23. The van der Waals surface area contributed by atoms with E-state index in [1.807, 2.05) is 30.3 Å². The molecule has 1 N–H and O–H groups in total. The van der Waals surface area contributed by atoms with Crippen molar-refractivity contribution in [2.45, 2.75) is 30.8 Å². The molecule has 104 valence electrons. The van der Waals surface area contributed by atoms with E-state index in [9.17, 15) is 13.9 Å². The fourth-order valence-electron chi connectivity index (χ4n) is 2.80. The molecule has 0 radical (unpaired) electrons. The van der Waals surface area contributed by atoms with Gasteiger partial charge >= 0.3 is 0 Å². The predicted octanol–water partition coefficient (Wildman–Crippen LogP) is 3.60. The molecule has 1 nitrogen and oxygen atoms in total. The van der Waals surface area contributed by atoms with Crippen molar-refractivity contribution in [3.63, 3.8) is 0 Å². The van der Waals surface area contributed by atoms with Gasteiger partial charge in [0.15, 0.2) is 11.6 Å². The highest BCUT2D eigenvalue weighted by molar-refractivity contribution is 5.34. The van der Waals surface area contributed by atoms with Gasteiger partial charge in [-0.05, 0) is 42.5 Å². The second kappa shape index (κ2) is 4.98. The van der Waals surface area contributed by atoms with Gasteiger partial charge in [0.25, 0.3) is 0 Å². The molecule has 0 aliphatic heterocycles. The van der Waals surface area contributed by atoms with E-state index in [0.29, 0.717) is 12.0 Å². The number of aliphatic hydroxyl groups is 1. The van der Waals surface area contributed by atoms with E-state index >= 15 is 0 Å². The minimum Gasteiger partial charge on any atom is -0.392 e. The maximum atomic E-state index is 13.2. The minimum absolute atomic E-state index is 0.216. The molecule has 0 bridgehead atoms. The Kier molecular flexibility index (Phi) is 3.30. The first-order chi connectivity index (χ1) is 9.62. The third-order valence-corrected chi connectivity index (χ3v) is 4.19. The fourth-order valence-corrected chi connectivity index (χ4v) is 2.80. The van der Waals surface area contributed by atoms with Gasteiger partial charge in [0.1, 0.15) is 0 Å². The van der Waals surface area contributed by atoms with Gasteiger partial charge in [-0.1, -0.05) is 36.4 Å². The van der Waals surface area contributed by atoms with Gasteiger partial charge < -0.3 is 5.11 Å². The van der Waals surface area contributed by atoms with Crippen molar-refractivity contribution < 1.29 is 13.9 Å². The summed E-state index contributed by atoms with van der Waals surface area (Å²) in [7, 11) is 0. The van der Waals surface area contributed by atoms with E-state index in [0.717, 1.165) is 24.5 Å². The Morgan fingerprint density at radius 2 is 1.70 bits per heavy atom. The molecule has 2 aromatic carbocycles. The van der Waals surface area contributed by atoms with Crippen LogP contribution in [0.15, 0.2) is 48.5 Å². The van der Waals surface area contributed by atoms with E-state index in [-0.39, 0.29) is 5.41 Å². The molecule has 1 fully saturated rings. The first kappa shape index (κ1) is 13.3. The van der Waals surface area contributed by atoms with Crippen LogP contribution in [0.4, 0.5) is 8.78 Å². The second-order valence-electron chi connectivity index (χ2n) is 5.49. The van der Waals surface area contributed by atoms with Gasteiger partial charge in [0, 0.05) is 5.41 Å². The Balaban J connectivity index is 1.79. The summed E-state index contributed by atoms with van der Waals surface area (Å²) >= 11 is 0. The summed E-state index contributed by atoms with van der Waals surface area (Å²) in [5.41, 5.74) is 1.53. The number of hydrogen-bond acceptors (Lipinski definition) is 1. The predicted molar refractivity (Wildman–Crippen MR) is 73.4 cm³/mol. The molecule has 0 aromatic heterocycles. The van der Waals surface area contributed by atoms with Gasteiger partial charge in [-0.2, -0.15) is 0 Å². The number of halogens is 2. The van der Waals surface area contributed by atoms with Crippen molar-refractivity contribution in [1.82, 2.24) is 0 Å². The number of hydrogen-bond donors (Lipinski definition) is 1. The van der Waals surface area contributed by atoms with E-state index < -0.39 is 17.7 Å². The van der Waals surface area contributed by atoms with Crippen molar-refractivity contribution in [2.75, 3.05) is 0 Å². The van der Waals surface area contributed by atoms with Crippen LogP contribution >= 0.6 is 0 Å². The largest absolute Gasteiger partial charge is 0.392 e. The number of aliphatic hydroxyl groups excluding tert-OH is 1. The molecule has 1 unspecified atom stereocenters. The van der Waals surface area contributed by atoms with Crippen molar-refractivity contribution in [1.29, 1.82) is 0 Å². The van der Waals surface area contributed by atoms with Crippen molar-refractivity contribution in [3.8, 4) is 0 Å². The third kappa shape index (κ3) is 2.34. The quantitative estimate of drug-likeness (QED) is 0.903. The zero-order valence-corrected chi connectivity index (χ0v) is 11.0. The van der Waals surface area contributed by atoms with Crippen LogP contribution in [-0.2, 0) is 11.8 Å². The maximum Gasteiger partial charge on any atom is 0.159 e. The van der Waals surface area contributed by atoms with Crippen LogP contribution < -0.4 is 0 Å². The lowest BCUT2D eigenvalue weighted by atomic mass is 9.86. The zero-order valence-electron chi connectivity index (χ0n) is 11.0. The third-order valence-electron chi connectivity index (χ3n) is 4.19. The molecule has 0 heterocycles. The Hall–Kier alpha value is -1.74. The normalized spacial score (nSPS) is 17.8. The average Bonchev–Trinajstić information content (AvgIpc) is 3.26. The summed E-state index contributed by atoms with van der Waals surface area (Å²) in [4.78, 5) is 0. The molecule has 0 saturated heterocycles. The molecule has 20 heavy (non-hydrogen) atoms. The number of benzene rings is 2. The average molecular weight is 274 g/mol. The van der Waals surface area contributed by atoms with E-state index in [1.165, 1.54) is 12.1 Å². The summed E-state index contributed by atoms with van der Waals surface area (Å²) in [6.07, 6.45) is 1.63. The highest BCUT2D eigenvalue weighted by Gasteiger charge is 2.49. The van der Waals surface area contributed by atoms with E-state index in [4.69, 9.17) is 0 Å². The molecule has 2 aromatic rings. The molecule has 1 aliphatic rings. The number of rotatable bonds is 4. The molecule has 3 rings (SSSR count). The Morgan fingerprint density at radius 3 is 2.30 bits per heavy atom. The SMILES string of the molecule is OC(Cc1ccc(F)c(F)c1)C1(c2ccccc2)CC1. The van der Waals surface area contributed by atoms with Crippen molar-refractivity contribution in [3.05, 3.63) is 71.3 Å². The minimum atomic E-state index is -0.862. The second-order valence-corrected chi connectivity index (χ2v) is 5.49.